The molecule has 8 atom stereocenters. The fourth-order valence-corrected chi connectivity index (χ4v) is 9.83. The number of nitrogens with one attached hydrogen (secondary N) is 1. The van der Waals surface area contributed by atoms with Crippen molar-refractivity contribution in [3.8, 4) is 0 Å². The van der Waals surface area contributed by atoms with Gasteiger partial charge in [0.15, 0.2) is 11.8 Å². The second kappa shape index (κ2) is 15.1. The van der Waals surface area contributed by atoms with Gasteiger partial charge in [-0.2, -0.15) is 5.06 Å². The van der Waals surface area contributed by atoms with Crippen LogP contribution in [0.25, 0.3) is 6.08 Å². The van der Waals surface area contributed by atoms with Gasteiger partial charge in [0.25, 0.3) is 0 Å². The van der Waals surface area contributed by atoms with Crippen LogP contribution in [0.15, 0.2) is 60.7 Å². The first-order valence-corrected chi connectivity index (χ1v) is 20.7. The lowest BCUT2D eigenvalue weighted by atomic mass is 9.62. The number of hydrogen-bond acceptors (Lipinski definition) is 13. The van der Waals surface area contributed by atoms with Crippen molar-refractivity contribution >= 4 is 35.8 Å². The van der Waals surface area contributed by atoms with Gasteiger partial charge in [-0.15, -0.1) is 0 Å². The van der Waals surface area contributed by atoms with Crippen molar-refractivity contribution in [3.63, 3.8) is 0 Å². The summed E-state index contributed by atoms with van der Waals surface area (Å²) >= 11 is 0. The number of rotatable bonds is 14. The van der Waals surface area contributed by atoms with Crippen LogP contribution in [-0.4, -0.2) is 120 Å². The van der Waals surface area contributed by atoms with Crippen LogP contribution in [0, 0.1) is 22.7 Å². The molecule has 7 fully saturated rings. The molecule has 0 radical (unpaired) electrons. The molecule has 3 aliphatic carbocycles. The molecule has 4 heterocycles. The molecule has 7 aliphatic rings. The number of nitrogens with zero attached hydrogens (tertiary/aromatic N) is 2. The fraction of sp³-hybridized carbons (Fsp3) is 0.568. The number of amides is 2. The number of benzene rings is 2. The molecule has 2 N–H and O–H groups in total. The third-order valence-electron chi connectivity index (χ3n) is 13.1. The summed E-state index contributed by atoms with van der Waals surface area (Å²) in [6.45, 7) is 3.61. The lowest BCUT2D eigenvalue weighted by molar-refractivity contribution is -0.235. The zero-order chi connectivity index (χ0) is 41.3. The van der Waals surface area contributed by atoms with Crippen LogP contribution >= 0.6 is 0 Å². The van der Waals surface area contributed by atoms with Crippen LogP contribution in [0.4, 0.5) is 0 Å². The molecule has 15 heteroatoms. The molecule has 0 aromatic heterocycles. The van der Waals surface area contributed by atoms with Crippen molar-refractivity contribution < 1.29 is 57.6 Å². The Morgan fingerprint density at radius 1 is 0.966 bits per heavy atom. The van der Waals surface area contributed by atoms with Crippen molar-refractivity contribution in [1.82, 2.24) is 15.3 Å². The Morgan fingerprint density at radius 3 is 2.31 bits per heavy atom. The maximum absolute atomic E-state index is 15.4. The van der Waals surface area contributed by atoms with Gasteiger partial charge in [-0.1, -0.05) is 68.4 Å². The van der Waals surface area contributed by atoms with Crippen molar-refractivity contribution in [3.05, 3.63) is 77.4 Å². The second-order valence-corrected chi connectivity index (χ2v) is 17.8. The lowest BCUT2D eigenvalue weighted by Gasteiger charge is -2.50. The van der Waals surface area contributed by atoms with Crippen LogP contribution < -0.4 is 5.32 Å². The third-order valence-corrected chi connectivity index (χ3v) is 13.1. The highest BCUT2D eigenvalue weighted by molar-refractivity contribution is 5.96. The largest absolute Gasteiger partial charge is 0.462 e. The summed E-state index contributed by atoms with van der Waals surface area (Å²) in [5.74, 6) is -3.12. The first-order chi connectivity index (χ1) is 28.3. The summed E-state index contributed by atoms with van der Waals surface area (Å²) in [6.07, 6.45) is 3.00. The summed E-state index contributed by atoms with van der Waals surface area (Å²) in [5, 5.41) is 13.8. The smallest absolute Gasteiger partial charge is 0.348 e. The second-order valence-electron chi connectivity index (χ2n) is 17.8. The highest BCUT2D eigenvalue weighted by atomic mass is 16.8. The van der Waals surface area contributed by atoms with Crippen molar-refractivity contribution in [2.45, 2.75) is 107 Å². The van der Waals surface area contributed by atoms with E-state index >= 15 is 4.79 Å². The van der Waals surface area contributed by atoms with E-state index in [1.807, 2.05) is 42.5 Å². The molecule has 314 valence electrons. The predicted molar refractivity (Wildman–Crippen MR) is 206 cm³/mol. The fourth-order valence-electron chi connectivity index (χ4n) is 9.83. The molecule has 2 aromatic rings. The van der Waals surface area contributed by atoms with E-state index < -0.39 is 88.9 Å². The Balaban J connectivity index is 1.00. The van der Waals surface area contributed by atoms with Crippen LogP contribution in [0.2, 0.25) is 0 Å². The SMILES string of the molecule is CN(C(=O)C12CC3OC(=O)C1N(Cc1ccc(C=CC(=O)OC4C(=O)OCC4(C)C)cc1)OC2C1OC(C2CC2)(C2CC2)OC31)C(Cc1ccccc1)C(=O)NCCO. The molecule has 2 bridgehead atoms. The van der Waals surface area contributed by atoms with E-state index in [1.165, 1.54) is 16.0 Å². The minimum absolute atomic E-state index is 0.0150. The van der Waals surface area contributed by atoms with Crippen LogP contribution in [0.5, 0.6) is 0 Å². The minimum atomic E-state index is -1.49. The molecule has 0 spiro atoms. The molecule has 4 aliphatic heterocycles. The predicted octanol–water partition coefficient (Wildman–Crippen LogP) is 2.47. The first-order valence-electron chi connectivity index (χ1n) is 20.7. The van der Waals surface area contributed by atoms with Gasteiger partial charge in [-0.05, 0) is 48.4 Å². The number of ether oxygens (including phenoxy) is 5. The quantitative estimate of drug-likeness (QED) is 0.162. The molecule has 59 heavy (non-hydrogen) atoms. The molecular weight excluding hydrogens is 762 g/mol. The third kappa shape index (κ3) is 7.03. The summed E-state index contributed by atoms with van der Waals surface area (Å²) in [5.41, 5.74) is 0.153. The number of cyclic esters (lactones) is 1. The number of hydroxylamine groups is 2. The van der Waals surface area contributed by atoms with Gasteiger partial charge in [-0.3, -0.25) is 19.2 Å². The van der Waals surface area contributed by atoms with E-state index in [2.05, 4.69) is 5.32 Å². The number of fused-ring (bicyclic) bond motifs is 4. The van der Waals surface area contributed by atoms with Gasteiger partial charge < -0.3 is 39.0 Å². The average Bonchev–Trinajstić information content (AvgIpc) is 4.17. The number of likely N-dealkylation sites (N-methyl/N-ethyl adjacent to an activating group) is 1. The van der Waals surface area contributed by atoms with Gasteiger partial charge in [0.1, 0.15) is 42.5 Å². The zero-order valence-electron chi connectivity index (χ0n) is 33.5. The number of esters is 3. The van der Waals surface area contributed by atoms with Crippen molar-refractivity contribution in [2.24, 2.45) is 22.7 Å². The maximum Gasteiger partial charge on any atom is 0.348 e. The van der Waals surface area contributed by atoms with E-state index in [-0.39, 0.29) is 51.0 Å². The number of aliphatic hydroxyl groups excluding tert-OH is 1. The summed E-state index contributed by atoms with van der Waals surface area (Å²) in [4.78, 5) is 76.5. The summed E-state index contributed by atoms with van der Waals surface area (Å²) in [6, 6.07) is 14.5. The lowest BCUT2D eigenvalue weighted by Crippen LogP contribution is -2.70. The molecule has 15 nitrogen and oxygen atoms in total. The molecule has 4 saturated heterocycles. The normalized spacial score (nSPS) is 31.9. The Morgan fingerprint density at radius 2 is 1.66 bits per heavy atom. The molecule has 3 saturated carbocycles. The average molecular weight is 814 g/mol. The van der Waals surface area contributed by atoms with Crippen molar-refractivity contribution in [1.29, 1.82) is 0 Å². The highest BCUT2D eigenvalue weighted by Gasteiger charge is 2.78. The van der Waals surface area contributed by atoms with E-state index in [0.29, 0.717) is 5.56 Å². The van der Waals surface area contributed by atoms with E-state index in [4.69, 9.17) is 28.5 Å². The zero-order valence-corrected chi connectivity index (χ0v) is 33.5. The Bertz CT molecular complexity index is 2000. The minimum Gasteiger partial charge on any atom is -0.462 e. The van der Waals surface area contributed by atoms with Crippen LogP contribution in [0.1, 0.15) is 62.6 Å². The van der Waals surface area contributed by atoms with Crippen molar-refractivity contribution in [2.75, 3.05) is 26.8 Å². The Kier molecular flexibility index (Phi) is 10.2. The monoisotopic (exact) mass is 813 g/mol. The molecule has 8 unspecified atom stereocenters. The maximum atomic E-state index is 15.4. The summed E-state index contributed by atoms with van der Waals surface area (Å²) < 4.78 is 30.5. The number of carbonyl (C=O) groups excluding carboxylic acids is 5. The number of hydrogen-bond donors (Lipinski definition) is 2. The molecular formula is C44H51N3O12. The van der Waals surface area contributed by atoms with Gasteiger partial charge in [0.05, 0.1) is 13.2 Å². The Hall–Kier alpha value is -4.67. The topological polar surface area (TPSA) is 179 Å². The molecule has 9 rings (SSSR count). The van der Waals surface area contributed by atoms with Gasteiger partial charge in [0.2, 0.25) is 17.9 Å². The standard InChI is InChI=1S/C44H51N3O12/c1-42(2)24-54-40(52)37(42)56-32(49)18-13-25-9-11-27(12-10-25)23-47-35-39(51)55-31-22-43(35,36(59-47)34-33(31)57-44(58-34,28-14-15-28)29-16-17-29)41(53)46(3)30(38(50)45-19-20-48)21-26-7-5-4-6-8-26/h4-13,18,28-31,33-37,48H,14-17,19-24H2,1-3H3,(H,45,50). The van der Waals surface area contributed by atoms with Gasteiger partial charge in [-0.25, -0.2) is 9.59 Å². The van der Waals surface area contributed by atoms with E-state index in [1.54, 1.807) is 39.1 Å². The van der Waals surface area contributed by atoms with E-state index in [0.717, 1.165) is 36.8 Å². The first kappa shape index (κ1) is 39.8. The van der Waals surface area contributed by atoms with Gasteiger partial charge in [0, 0.05) is 49.8 Å². The Labute approximate surface area is 342 Å². The molecule has 2 amide bonds. The van der Waals surface area contributed by atoms with Gasteiger partial charge >= 0.3 is 17.9 Å². The number of carbonyl (C=O) groups is 5. The van der Waals surface area contributed by atoms with E-state index in [9.17, 15) is 24.3 Å². The van der Waals surface area contributed by atoms with Crippen LogP contribution in [-0.2, 0) is 65.5 Å². The molecule has 2 aromatic carbocycles. The number of aliphatic hydroxyl groups is 1. The highest BCUT2D eigenvalue weighted by Crippen LogP contribution is 2.64. The van der Waals surface area contributed by atoms with Crippen LogP contribution in [0.3, 0.4) is 0 Å². The summed E-state index contributed by atoms with van der Waals surface area (Å²) in [7, 11) is 1.58.